The van der Waals surface area contributed by atoms with E-state index in [1.807, 2.05) is 0 Å². The van der Waals surface area contributed by atoms with Crippen molar-refractivity contribution in [3.8, 4) is 0 Å². The highest BCUT2D eigenvalue weighted by molar-refractivity contribution is 9.09. The van der Waals surface area contributed by atoms with Gasteiger partial charge in [0.05, 0.1) is 4.95 Å². The fourth-order valence-electron chi connectivity index (χ4n) is 7.38. The first-order valence-corrected chi connectivity index (χ1v) is 12.2. The molecule has 0 spiro atoms. The van der Waals surface area contributed by atoms with Gasteiger partial charge in [0.2, 0.25) is 0 Å². The molecule has 146 valence electrons. The SMILES string of the molecule is CC1CC2C(C)C3CCC(Br)NC3CC2C1CCC1C=Cc2ccccc21. The molecule has 9 atom stereocenters. The molecule has 1 aromatic carbocycles. The Hall–Kier alpha value is -0.600. The van der Waals surface area contributed by atoms with Gasteiger partial charge in [-0.05, 0) is 85.2 Å². The number of piperidine rings is 1. The molecule has 9 unspecified atom stereocenters. The maximum atomic E-state index is 3.91. The molecule has 1 N–H and O–H groups in total. The van der Waals surface area contributed by atoms with Gasteiger partial charge in [-0.3, -0.25) is 0 Å². The Morgan fingerprint density at radius 3 is 2.74 bits per heavy atom. The number of hydrogen-bond acceptors (Lipinski definition) is 1. The van der Waals surface area contributed by atoms with Crippen molar-refractivity contribution in [2.45, 2.75) is 69.3 Å². The van der Waals surface area contributed by atoms with Gasteiger partial charge in [0, 0.05) is 12.0 Å². The van der Waals surface area contributed by atoms with E-state index in [1.165, 1.54) is 44.1 Å². The van der Waals surface area contributed by atoms with Crippen LogP contribution < -0.4 is 5.32 Å². The monoisotopic (exact) mass is 427 g/mol. The van der Waals surface area contributed by atoms with Gasteiger partial charge in [0.25, 0.3) is 0 Å². The molecule has 3 fully saturated rings. The first kappa shape index (κ1) is 18.4. The summed E-state index contributed by atoms with van der Waals surface area (Å²) >= 11 is 3.84. The number of hydrogen-bond donors (Lipinski definition) is 1. The van der Waals surface area contributed by atoms with Gasteiger partial charge in [0.15, 0.2) is 0 Å². The highest BCUT2D eigenvalue weighted by Crippen LogP contribution is 2.56. The molecule has 1 nitrogen and oxygen atoms in total. The fraction of sp³-hybridized carbons (Fsp3) is 0.680. The molecular formula is C25H34BrN. The summed E-state index contributed by atoms with van der Waals surface area (Å²) in [5.74, 6) is 6.23. The van der Waals surface area contributed by atoms with Crippen molar-refractivity contribution < 1.29 is 0 Å². The van der Waals surface area contributed by atoms with E-state index in [2.05, 4.69) is 71.5 Å². The Bertz CT molecular complexity index is 710. The Morgan fingerprint density at radius 2 is 1.85 bits per heavy atom. The molecule has 5 rings (SSSR count). The van der Waals surface area contributed by atoms with Gasteiger partial charge < -0.3 is 5.32 Å². The van der Waals surface area contributed by atoms with Crippen molar-refractivity contribution in [2.24, 2.45) is 35.5 Å². The summed E-state index contributed by atoms with van der Waals surface area (Å²) in [5, 5.41) is 3.91. The lowest BCUT2D eigenvalue weighted by Crippen LogP contribution is -2.53. The molecule has 3 aliphatic carbocycles. The number of benzene rings is 1. The van der Waals surface area contributed by atoms with Gasteiger partial charge in [-0.15, -0.1) is 0 Å². The largest absolute Gasteiger partial charge is 0.302 e. The summed E-state index contributed by atoms with van der Waals surface area (Å²) in [7, 11) is 0. The zero-order chi connectivity index (χ0) is 18.5. The summed E-state index contributed by atoms with van der Waals surface area (Å²) in [6.07, 6.45) is 13.2. The van der Waals surface area contributed by atoms with E-state index < -0.39 is 0 Å². The van der Waals surface area contributed by atoms with Crippen molar-refractivity contribution in [3.05, 3.63) is 41.5 Å². The molecule has 1 heterocycles. The van der Waals surface area contributed by atoms with Crippen molar-refractivity contribution >= 4 is 22.0 Å². The minimum Gasteiger partial charge on any atom is -0.302 e. The summed E-state index contributed by atoms with van der Waals surface area (Å²) in [4.78, 5) is 0.542. The predicted octanol–water partition coefficient (Wildman–Crippen LogP) is 6.59. The topological polar surface area (TPSA) is 12.0 Å². The molecule has 1 aliphatic heterocycles. The lowest BCUT2D eigenvalue weighted by Gasteiger charge is -2.49. The van der Waals surface area contributed by atoms with Crippen LogP contribution in [0.5, 0.6) is 0 Å². The minimum absolute atomic E-state index is 0.542. The van der Waals surface area contributed by atoms with Gasteiger partial charge >= 0.3 is 0 Å². The number of fused-ring (bicyclic) bond motifs is 3. The lowest BCUT2D eigenvalue weighted by molar-refractivity contribution is 0.0442. The summed E-state index contributed by atoms with van der Waals surface area (Å²) < 4.78 is 0. The van der Waals surface area contributed by atoms with E-state index in [9.17, 15) is 0 Å². The van der Waals surface area contributed by atoms with Crippen LogP contribution in [0.15, 0.2) is 30.3 Å². The Kier molecular flexibility index (Phi) is 5.01. The van der Waals surface area contributed by atoms with Gasteiger partial charge in [-0.1, -0.05) is 66.2 Å². The second kappa shape index (κ2) is 7.34. The van der Waals surface area contributed by atoms with Crippen LogP contribution in [0.4, 0.5) is 0 Å². The van der Waals surface area contributed by atoms with Crippen molar-refractivity contribution in [2.75, 3.05) is 0 Å². The third-order valence-electron chi connectivity index (χ3n) is 8.73. The third-order valence-corrected chi connectivity index (χ3v) is 9.45. The van der Waals surface area contributed by atoms with Crippen LogP contribution in [-0.4, -0.2) is 11.0 Å². The van der Waals surface area contributed by atoms with E-state index in [-0.39, 0.29) is 0 Å². The average Bonchev–Trinajstić information content (AvgIpc) is 3.21. The molecule has 0 radical (unpaired) electrons. The Morgan fingerprint density at radius 1 is 1.00 bits per heavy atom. The highest BCUT2D eigenvalue weighted by Gasteiger charge is 2.51. The number of halogens is 1. The molecule has 0 aromatic heterocycles. The second-order valence-corrected chi connectivity index (χ2v) is 11.1. The maximum Gasteiger partial charge on any atom is 0.0632 e. The third kappa shape index (κ3) is 3.25. The highest BCUT2D eigenvalue weighted by atomic mass is 79.9. The summed E-state index contributed by atoms with van der Waals surface area (Å²) in [5.41, 5.74) is 3.01. The number of rotatable bonds is 3. The smallest absolute Gasteiger partial charge is 0.0632 e. The van der Waals surface area contributed by atoms with Crippen LogP contribution >= 0.6 is 15.9 Å². The maximum absolute atomic E-state index is 3.91. The zero-order valence-electron chi connectivity index (χ0n) is 16.8. The lowest BCUT2D eigenvalue weighted by atomic mass is 9.62. The van der Waals surface area contributed by atoms with Crippen LogP contribution in [-0.2, 0) is 0 Å². The van der Waals surface area contributed by atoms with Gasteiger partial charge in [0.1, 0.15) is 0 Å². The zero-order valence-corrected chi connectivity index (χ0v) is 18.4. The first-order valence-electron chi connectivity index (χ1n) is 11.3. The molecule has 1 aromatic rings. The number of alkyl halides is 1. The van der Waals surface area contributed by atoms with Gasteiger partial charge in [-0.25, -0.2) is 0 Å². The Labute approximate surface area is 173 Å². The summed E-state index contributed by atoms with van der Waals surface area (Å²) in [6.45, 7) is 5.13. The van der Waals surface area contributed by atoms with E-state index in [0.717, 1.165) is 41.5 Å². The van der Waals surface area contributed by atoms with Crippen LogP contribution in [0.3, 0.4) is 0 Å². The Balaban J connectivity index is 1.29. The molecular weight excluding hydrogens is 394 g/mol. The average molecular weight is 428 g/mol. The molecule has 0 bridgehead atoms. The van der Waals surface area contributed by atoms with Crippen LogP contribution in [0.2, 0.25) is 0 Å². The molecule has 0 amide bonds. The fourth-order valence-corrected chi connectivity index (χ4v) is 7.98. The van der Waals surface area contributed by atoms with E-state index in [4.69, 9.17) is 0 Å². The standard InChI is InChI=1S/C25H34BrN/c1-15-13-22-16(2)20-11-12-25(26)27-24(20)14-23(22)19(15)10-9-18-8-7-17-5-3-4-6-21(17)18/h3-8,15-16,18-20,22-25,27H,9-14H2,1-2H3. The molecule has 2 saturated carbocycles. The predicted molar refractivity (Wildman–Crippen MR) is 118 cm³/mol. The van der Waals surface area contributed by atoms with Crippen LogP contribution in [0.25, 0.3) is 6.08 Å². The number of nitrogens with one attached hydrogen (secondary N) is 1. The minimum atomic E-state index is 0.542. The normalized spacial score (nSPS) is 45.4. The van der Waals surface area contributed by atoms with Crippen molar-refractivity contribution in [1.82, 2.24) is 5.32 Å². The van der Waals surface area contributed by atoms with E-state index >= 15 is 0 Å². The molecule has 1 saturated heterocycles. The molecule has 27 heavy (non-hydrogen) atoms. The first-order chi connectivity index (χ1) is 13.1. The van der Waals surface area contributed by atoms with Crippen LogP contribution in [0.1, 0.15) is 69.4 Å². The van der Waals surface area contributed by atoms with Crippen molar-refractivity contribution in [3.63, 3.8) is 0 Å². The second-order valence-electron chi connectivity index (χ2n) is 9.95. The van der Waals surface area contributed by atoms with Gasteiger partial charge in [-0.2, -0.15) is 0 Å². The molecule has 2 heteroatoms. The van der Waals surface area contributed by atoms with E-state index in [0.29, 0.717) is 10.9 Å². The number of allylic oxidation sites excluding steroid dienone is 1. The summed E-state index contributed by atoms with van der Waals surface area (Å²) in [6, 6.07) is 9.74. The van der Waals surface area contributed by atoms with E-state index in [1.54, 1.807) is 5.56 Å². The molecule has 4 aliphatic rings. The van der Waals surface area contributed by atoms with Crippen LogP contribution in [0, 0.1) is 35.5 Å². The quantitative estimate of drug-likeness (QED) is 0.423. The van der Waals surface area contributed by atoms with Crippen molar-refractivity contribution in [1.29, 1.82) is 0 Å².